The first kappa shape index (κ1) is 12.6. The SMILES string of the molecule is CC(C)(C)c1nc2c(s1)CCCC2CNC1CC1. The van der Waals surface area contributed by atoms with Crippen LogP contribution < -0.4 is 5.32 Å². The second-order valence-corrected chi connectivity index (χ2v) is 7.93. The fourth-order valence-electron chi connectivity index (χ4n) is 2.62. The van der Waals surface area contributed by atoms with Crippen molar-refractivity contribution in [3.8, 4) is 0 Å². The standard InChI is InChI=1S/C15H24N2S/c1-15(2,3)14-17-13-10(9-16-11-7-8-11)5-4-6-12(13)18-14/h10-11,16H,4-9H2,1-3H3. The maximum atomic E-state index is 4.98. The van der Waals surface area contributed by atoms with E-state index in [1.54, 1.807) is 4.88 Å². The molecule has 0 amide bonds. The summed E-state index contributed by atoms with van der Waals surface area (Å²) in [5, 5.41) is 5.00. The Kier molecular flexibility index (Phi) is 3.23. The summed E-state index contributed by atoms with van der Waals surface area (Å²) in [7, 11) is 0. The van der Waals surface area contributed by atoms with Gasteiger partial charge in [-0.3, -0.25) is 0 Å². The lowest BCUT2D eigenvalue weighted by Gasteiger charge is -2.21. The highest BCUT2D eigenvalue weighted by molar-refractivity contribution is 7.11. The van der Waals surface area contributed by atoms with E-state index in [-0.39, 0.29) is 5.41 Å². The Balaban J connectivity index is 1.78. The van der Waals surface area contributed by atoms with Crippen molar-refractivity contribution in [2.75, 3.05) is 6.54 Å². The predicted molar refractivity (Wildman–Crippen MR) is 77.5 cm³/mol. The Labute approximate surface area is 114 Å². The van der Waals surface area contributed by atoms with Gasteiger partial charge in [0.05, 0.1) is 10.7 Å². The average Bonchev–Trinajstić information content (AvgIpc) is 3.01. The molecular weight excluding hydrogens is 240 g/mol. The van der Waals surface area contributed by atoms with Gasteiger partial charge in [-0.2, -0.15) is 0 Å². The maximum Gasteiger partial charge on any atom is 0.0984 e. The van der Waals surface area contributed by atoms with Gasteiger partial charge in [-0.05, 0) is 32.1 Å². The lowest BCUT2D eigenvalue weighted by Crippen LogP contribution is -2.26. The minimum absolute atomic E-state index is 0.205. The van der Waals surface area contributed by atoms with E-state index in [4.69, 9.17) is 4.98 Å². The number of aromatic nitrogens is 1. The van der Waals surface area contributed by atoms with Gasteiger partial charge in [0, 0.05) is 28.8 Å². The highest BCUT2D eigenvalue weighted by Crippen LogP contribution is 2.38. The van der Waals surface area contributed by atoms with Crippen LogP contribution in [-0.2, 0) is 11.8 Å². The molecule has 1 N–H and O–H groups in total. The second-order valence-electron chi connectivity index (χ2n) is 6.85. The third-order valence-corrected chi connectivity index (χ3v) is 5.50. The van der Waals surface area contributed by atoms with Gasteiger partial charge in [0.25, 0.3) is 0 Å². The molecule has 0 bridgehead atoms. The molecule has 0 spiro atoms. The van der Waals surface area contributed by atoms with E-state index in [9.17, 15) is 0 Å². The molecule has 1 heterocycles. The van der Waals surface area contributed by atoms with Crippen molar-refractivity contribution in [1.82, 2.24) is 10.3 Å². The van der Waals surface area contributed by atoms with Crippen molar-refractivity contribution in [2.24, 2.45) is 0 Å². The Hall–Kier alpha value is -0.410. The first-order valence-electron chi connectivity index (χ1n) is 7.27. The Morgan fingerprint density at radius 2 is 2.06 bits per heavy atom. The smallest absolute Gasteiger partial charge is 0.0984 e. The topological polar surface area (TPSA) is 24.9 Å². The summed E-state index contributed by atoms with van der Waals surface area (Å²) in [6.07, 6.45) is 6.67. The zero-order valence-corrected chi connectivity index (χ0v) is 12.6. The second kappa shape index (κ2) is 4.61. The van der Waals surface area contributed by atoms with Crippen LogP contribution in [0.15, 0.2) is 0 Å². The van der Waals surface area contributed by atoms with Crippen LogP contribution in [0.4, 0.5) is 0 Å². The molecule has 1 fully saturated rings. The zero-order chi connectivity index (χ0) is 12.8. The molecule has 0 radical (unpaired) electrons. The lowest BCUT2D eigenvalue weighted by atomic mass is 9.90. The van der Waals surface area contributed by atoms with Crippen LogP contribution in [0, 0.1) is 0 Å². The van der Waals surface area contributed by atoms with Crippen LogP contribution >= 0.6 is 11.3 Å². The summed E-state index contributed by atoms with van der Waals surface area (Å²) >= 11 is 1.96. The van der Waals surface area contributed by atoms with Gasteiger partial charge in [-0.15, -0.1) is 11.3 Å². The molecule has 0 saturated heterocycles. The summed E-state index contributed by atoms with van der Waals surface area (Å²) in [6.45, 7) is 7.96. The van der Waals surface area contributed by atoms with E-state index in [2.05, 4.69) is 26.1 Å². The molecule has 2 nitrogen and oxygen atoms in total. The minimum atomic E-state index is 0.205. The highest BCUT2D eigenvalue weighted by atomic mass is 32.1. The van der Waals surface area contributed by atoms with Gasteiger partial charge in [-0.25, -0.2) is 4.98 Å². The Bertz CT molecular complexity index is 426. The summed E-state index contributed by atoms with van der Waals surface area (Å²) < 4.78 is 0. The molecule has 1 unspecified atom stereocenters. The fraction of sp³-hybridized carbons (Fsp3) is 0.800. The van der Waals surface area contributed by atoms with Crippen molar-refractivity contribution in [3.05, 3.63) is 15.6 Å². The van der Waals surface area contributed by atoms with Crippen molar-refractivity contribution in [1.29, 1.82) is 0 Å². The number of nitrogens with zero attached hydrogens (tertiary/aromatic N) is 1. The van der Waals surface area contributed by atoms with Gasteiger partial charge >= 0.3 is 0 Å². The number of nitrogens with one attached hydrogen (secondary N) is 1. The molecule has 3 rings (SSSR count). The molecule has 2 aliphatic carbocycles. The quantitative estimate of drug-likeness (QED) is 0.902. The number of thiazole rings is 1. The summed E-state index contributed by atoms with van der Waals surface area (Å²) in [4.78, 5) is 6.54. The molecule has 0 aliphatic heterocycles. The number of fused-ring (bicyclic) bond motifs is 1. The molecule has 2 aliphatic rings. The molecule has 1 aromatic heterocycles. The van der Waals surface area contributed by atoms with Crippen molar-refractivity contribution < 1.29 is 0 Å². The summed E-state index contributed by atoms with van der Waals surface area (Å²) in [6, 6.07) is 0.816. The van der Waals surface area contributed by atoms with Crippen LogP contribution in [-0.4, -0.2) is 17.6 Å². The lowest BCUT2D eigenvalue weighted by molar-refractivity contribution is 0.495. The summed E-state index contributed by atoms with van der Waals surface area (Å²) in [5.74, 6) is 0.668. The average molecular weight is 264 g/mol. The van der Waals surface area contributed by atoms with Crippen LogP contribution in [0.3, 0.4) is 0 Å². The van der Waals surface area contributed by atoms with Gasteiger partial charge in [0.1, 0.15) is 0 Å². The predicted octanol–water partition coefficient (Wildman–Crippen LogP) is 3.61. The zero-order valence-electron chi connectivity index (χ0n) is 11.8. The number of aryl methyl sites for hydroxylation is 1. The van der Waals surface area contributed by atoms with Crippen LogP contribution in [0.25, 0.3) is 0 Å². The first-order chi connectivity index (χ1) is 8.54. The number of hydrogen-bond donors (Lipinski definition) is 1. The molecule has 1 saturated carbocycles. The number of hydrogen-bond acceptors (Lipinski definition) is 3. The molecule has 1 atom stereocenters. The van der Waals surface area contributed by atoms with Gasteiger partial charge in [0.2, 0.25) is 0 Å². The van der Waals surface area contributed by atoms with Gasteiger partial charge in [-0.1, -0.05) is 20.8 Å². The van der Waals surface area contributed by atoms with E-state index in [0.29, 0.717) is 5.92 Å². The van der Waals surface area contributed by atoms with Crippen LogP contribution in [0.2, 0.25) is 0 Å². The highest BCUT2D eigenvalue weighted by Gasteiger charge is 2.29. The van der Waals surface area contributed by atoms with Gasteiger partial charge < -0.3 is 5.32 Å². The first-order valence-corrected chi connectivity index (χ1v) is 8.09. The van der Waals surface area contributed by atoms with Crippen molar-refractivity contribution >= 4 is 11.3 Å². The summed E-state index contributed by atoms with van der Waals surface area (Å²) in [5.41, 5.74) is 1.63. The number of rotatable bonds is 3. The van der Waals surface area contributed by atoms with Gasteiger partial charge in [0.15, 0.2) is 0 Å². The molecule has 0 aromatic carbocycles. The molecular formula is C15H24N2S. The minimum Gasteiger partial charge on any atom is -0.313 e. The van der Waals surface area contributed by atoms with E-state index in [0.717, 1.165) is 12.6 Å². The Morgan fingerprint density at radius 1 is 1.28 bits per heavy atom. The third-order valence-electron chi connectivity index (χ3n) is 3.94. The fourth-order valence-corrected chi connectivity index (χ4v) is 3.87. The molecule has 3 heteroatoms. The molecule has 18 heavy (non-hydrogen) atoms. The molecule has 1 aromatic rings. The van der Waals surface area contributed by atoms with E-state index >= 15 is 0 Å². The molecule has 100 valence electrons. The monoisotopic (exact) mass is 264 g/mol. The Morgan fingerprint density at radius 3 is 2.72 bits per heavy atom. The third kappa shape index (κ3) is 2.62. The van der Waals surface area contributed by atoms with E-state index in [1.807, 2.05) is 11.3 Å². The van der Waals surface area contributed by atoms with Crippen molar-refractivity contribution in [2.45, 2.75) is 70.3 Å². The largest absolute Gasteiger partial charge is 0.313 e. The van der Waals surface area contributed by atoms with Crippen molar-refractivity contribution in [3.63, 3.8) is 0 Å². The van der Waals surface area contributed by atoms with E-state index < -0.39 is 0 Å². The van der Waals surface area contributed by atoms with Crippen LogP contribution in [0.1, 0.15) is 68.0 Å². The maximum absolute atomic E-state index is 4.98. The van der Waals surface area contributed by atoms with E-state index in [1.165, 1.54) is 42.8 Å². The normalized spacial score (nSPS) is 24.1. The van der Waals surface area contributed by atoms with Crippen LogP contribution in [0.5, 0.6) is 0 Å².